The number of rotatable bonds is 3. The Kier molecular flexibility index (Phi) is 3.34. The third kappa shape index (κ3) is 2.77. The zero-order valence-corrected chi connectivity index (χ0v) is 12.3. The highest BCUT2D eigenvalue weighted by Crippen LogP contribution is 2.54. The van der Waals surface area contributed by atoms with E-state index in [1.54, 1.807) is 0 Å². The molecule has 0 radical (unpaired) electrons. The van der Waals surface area contributed by atoms with Crippen LogP contribution in [0.2, 0.25) is 0 Å². The first kappa shape index (κ1) is 13.1. The van der Waals surface area contributed by atoms with Crippen molar-refractivity contribution in [2.24, 2.45) is 17.8 Å². The molecule has 112 valence electrons. The molecule has 4 rings (SSSR count). The van der Waals surface area contributed by atoms with Gasteiger partial charge in [-0.3, -0.25) is 4.79 Å². The highest BCUT2D eigenvalue weighted by molar-refractivity contribution is 5.93. The van der Waals surface area contributed by atoms with E-state index in [1.807, 2.05) is 12.1 Å². The summed E-state index contributed by atoms with van der Waals surface area (Å²) < 4.78 is 5.37. The normalized spacial score (nSPS) is 30.9. The minimum Gasteiger partial charge on any atom is -0.378 e. The van der Waals surface area contributed by atoms with Gasteiger partial charge in [0.25, 0.3) is 0 Å². The SMILES string of the molecule is O=C(Nc1ccc(N2CCOCC2)cc1)C1CC2CC2C1. The lowest BCUT2D eigenvalue weighted by atomic mass is 10.0. The number of hydrogen-bond donors (Lipinski definition) is 1. The average molecular weight is 286 g/mol. The molecule has 3 fully saturated rings. The number of anilines is 2. The van der Waals surface area contributed by atoms with Crippen molar-refractivity contribution < 1.29 is 9.53 Å². The van der Waals surface area contributed by atoms with Crippen LogP contribution in [-0.4, -0.2) is 32.2 Å². The second kappa shape index (κ2) is 5.34. The summed E-state index contributed by atoms with van der Waals surface area (Å²) in [5, 5.41) is 3.07. The molecule has 21 heavy (non-hydrogen) atoms. The van der Waals surface area contributed by atoms with Gasteiger partial charge in [-0.05, 0) is 55.4 Å². The molecule has 2 saturated carbocycles. The van der Waals surface area contributed by atoms with Gasteiger partial charge in [0.2, 0.25) is 5.91 Å². The van der Waals surface area contributed by atoms with Crippen molar-refractivity contribution in [3.05, 3.63) is 24.3 Å². The van der Waals surface area contributed by atoms with Crippen LogP contribution in [-0.2, 0) is 9.53 Å². The van der Waals surface area contributed by atoms with Crippen molar-refractivity contribution in [2.75, 3.05) is 36.5 Å². The fraction of sp³-hybridized carbons (Fsp3) is 0.588. The molecule has 1 N–H and O–H groups in total. The lowest BCUT2D eigenvalue weighted by Crippen LogP contribution is -2.36. The van der Waals surface area contributed by atoms with Crippen LogP contribution < -0.4 is 10.2 Å². The molecule has 1 saturated heterocycles. The minimum atomic E-state index is 0.210. The van der Waals surface area contributed by atoms with Crippen molar-refractivity contribution >= 4 is 17.3 Å². The van der Waals surface area contributed by atoms with Crippen LogP contribution in [0.5, 0.6) is 0 Å². The van der Waals surface area contributed by atoms with E-state index in [0.29, 0.717) is 0 Å². The number of fused-ring (bicyclic) bond motifs is 1. The van der Waals surface area contributed by atoms with Crippen molar-refractivity contribution in [1.29, 1.82) is 0 Å². The van der Waals surface area contributed by atoms with Crippen LogP contribution in [0.3, 0.4) is 0 Å². The Morgan fingerprint density at radius 2 is 1.71 bits per heavy atom. The molecule has 1 aromatic carbocycles. The molecule has 3 aliphatic rings. The topological polar surface area (TPSA) is 41.6 Å². The second-order valence-electron chi connectivity index (χ2n) is 6.56. The molecule has 1 amide bonds. The van der Waals surface area contributed by atoms with Crippen LogP contribution in [0.15, 0.2) is 24.3 Å². The van der Waals surface area contributed by atoms with E-state index in [2.05, 4.69) is 22.3 Å². The maximum absolute atomic E-state index is 12.2. The summed E-state index contributed by atoms with van der Waals surface area (Å²) in [7, 11) is 0. The zero-order valence-electron chi connectivity index (χ0n) is 12.3. The number of nitrogens with one attached hydrogen (secondary N) is 1. The average Bonchev–Trinajstić information content (AvgIpc) is 3.15. The first-order valence-electron chi connectivity index (χ1n) is 8.03. The maximum Gasteiger partial charge on any atom is 0.227 e. The summed E-state index contributed by atoms with van der Waals surface area (Å²) >= 11 is 0. The Bertz CT molecular complexity index is 512. The first-order chi connectivity index (χ1) is 10.3. The summed E-state index contributed by atoms with van der Waals surface area (Å²) in [6.45, 7) is 3.47. The van der Waals surface area contributed by atoms with Gasteiger partial charge in [-0.1, -0.05) is 0 Å². The standard InChI is InChI=1S/C17H22N2O2/c20-17(14-10-12-9-13(12)11-14)18-15-1-3-16(4-2-15)19-5-7-21-8-6-19/h1-4,12-14H,5-11H2,(H,18,20). The van der Waals surface area contributed by atoms with Gasteiger partial charge in [0.15, 0.2) is 0 Å². The largest absolute Gasteiger partial charge is 0.378 e. The molecule has 2 unspecified atom stereocenters. The van der Waals surface area contributed by atoms with E-state index >= 15 is 0 Å². The van der Waals surface area contributed by atoms with Crippen LogP contribution in [0.25, 0.3) is 0 Å². The Hall–Kier alpha value is -1.55. The monoisotopic (exact) mass is 286 g/mol. The highest BCUT2D eigenvalue weighted by Gasteiger charge is 2.47. The molecule has 4 nitrogen and oxygen atoms in total. The predicted molar refractivity (Wildman–Crippen MR) is 82.4 cm³/mol. The lowest BCUT2D eigenvalue weighted by Gasteiger charge is -2.29. The second-order valence-corrected chi connectivity index (χ2v) is 6.56. The quantitative estimate of drug-likeness (QED) is 0.928. The van der Waals surface area contributed by atoms with Crippen molar-refractivity contribution in [1.82, 2.24) is 0 Å². The summed E-state index contributed by atoms with van der Waals surface area (Å²) in [6.07, 6.45) is 3.56. The number of ether oxygens (including phenoxy) is 1. The lowest BCUT2D eigenvalue weighted by molar-refractivity contribution is -0.120. The minimum absolute atomic E-state index is 0.210. The van der Waals surface area contributed by atoms with E-state index in [-0.39, 0.29) is 11.8 Å². The van der Waals surface area contributed by atoms with Crippen LogP contribution in [0.4, 0.5) is 11.4 Å². The molecule has 4 heteroatoms. The third-order valence-electron chi connectivity index (χ3n) is 5.13. The number of hydrogen-bond acceptors (Lipinski definition) is 3. The first-order valence-corrected chi connectivity index (χ1v) is 8.03. The zero-order chi connectivity index (χ0) is 14.2. The van der Waals surface area contributed by atoms with E-state index in [4.69, 9.17) is 4.74 Å². The van der Waals surface area contributed by atoms with Gasteiger partial charge in [-0.15, -0.1) is 0 Å². The van der Waals surface area contributed by atoms with Gasteiger partial charge < -0.3 is 15.0 Å². The van der Waals surface area contributed by atoms with Gasteiger partial charge in [0.05, 0.1) is 13.2 Å². The van der Waals surface area contributed by atoms with Gasteiger partial charge in [0, 0.05) is 30.4 Å². The molecular formula is C17H22N2O2. The van der Waals surface area contributed by atoms with Crippen LogP contribution in [0, 0.1) is 17.8 Å². The van der Waals surface area contributed by atoms with Gasteiger partial charge >= 0.3 is 0 Å². The molecule has 1 aliphatic heterocycles. The summed E-state index contributed by atoms with van der Waals surface area (Å²) in [5.74, 6) is 2.16. The van der Waals surface area contributed by atoms with Crippen molar-refractivity contribution in [2.45, 2.75) is 19.3 Å². The molecule has 1 aromatic rings. The molecule has 1 heterocycles. The van der Waals surface area contributed by atoms with E-state index in [9.17, 15) is 4.79 Å². The Morgan fingerprint density at radius 3 is 2.38 bits per heavy atom. The van der Waals surface area contributed by atoms with Crippen LogP contribution >= 0.6 is 0 Å². The molecule has 0 spiro atoms. The third-order valence-corrected chi connectivity index (χ3v) is 5.13. The predicted octanol–water partition coefficient (Wildman–Crippen LogP) is 2.51. The number of carbonyl (C=O) groups is 1. The Morgan fingerprint density at radius 1 is 1.05 bits per heavy atom. The fourth-order valence-electron chi connectivity index (χ4n) is 3.75. The highest BCUT2D eigenvalue weighted by atomic mass is 16.5. The molecule has 2 atom stereocenters. The number of carbonyl (C=O) groups excluding carboxylic acids is 1. The molecule has 2 aliphatic carbocycles. The van der Waals surface area contributed by atoms with E-state index in [0.717, 1.165) is 56.7 Å². The van der Waals surface area contributed by atoms with Crippen molar-refractivity contribution in [3.63, 3.8) is 0 Å². The summed E-state index contributed by atoms with van der Waals surface area (Å²) in [6, 6.07) is 8.21. The van der Waals surface area contributed by atoms with E-state index in [1.165, 1.54) is 12.1 Å². The maximum atomic E-state index is 12.2. The Balaban J connectivity index is 1.36. The molecule has 0 aromatic heterocycles. The number of morpholine rings is 1. The number of benzene rings is 1. The molecular weight excluding hydrogens is 264 g/mol. The number of amides is 1. The molecule has 0 bridgehead atoms. The summed E-state index contributed by atoms with van der Waals surface area (Å²) in [5.41, 5.74) is 2.12. The Labute approximate surface area is 125 Å². The van der Waals surface area contributed by atoms with Gasteiger partial charge in [0.1, 0.15) is 0 Å². The van der Waals surface area contributed by atoms with E-state index < -0.39 is 0 Å². The van der Waals surface area contributed by atoms with Gasteiger partial charge in [-0.2, -0.15) is 0 Å². The van der Waals surface area contributed by atoms with Crippen LogP contribution in [0.1, 0.15) is 19.3 Å². The smallest absolute Gasteiger partial charge is 0.227 e. The number of nitrogens with zero attached hydrogens (tertiary/aromatic N) is 1. The van der Waals surface area contributed by atoms with Gasteiger partial charge in [-0.25, -0.2) is 0 Å². The fourth-order valence-corrected chi connectivity index (χ4v) is 3.75. The van der Waals surface area contributed by atoms with Crippen molar-refractivity contribution in [3.8, 4) is 0 Å². The summed E-state index contributed by atoms with van der Waals surface area (Å²) in [4.78, 5) is 14.5.